The molecule has 1 unspecified atom stereocenters. The zero-order chi connectivity index (χ0) is 16.7. The van der Waals surface area contributed by atoms with Crippen LogP contribution in [0.5, 0.6) is 0 Å². The lowest BCUT2D eigenvalue weighted by molar-refractivity contribution is -0.127. The number of hydrogen-bond acceptors (Lipinski definition) is 5. The molecular formula is C16H20N2O5. The summed E-state index contributed by atoms with van der Waals surface area (Å²) in [7, 11) is 1.28. The predicted octanol–water partition coefficient (Wildman–Crippen LogP) is 1.10. The Labute approximate surface area is 134 Å². The topological polar surface area (TPSA) is 93.7 Å². The molecule has 0 aliphatic carbocycles. The van der Waals surface area contributed by atoms with Crippen LogP contribution in [0.15, 0.2) is 24.3 Å². The smallest absolute Gasteiger partial charge is 0.337 e. The maximum Gasteiger partial charge on any atom is 0.337 e. The van der Waals surface area contributed by atoms with Crippen molar-refractivity contribution < 1.29 is 23.9 Å². The van der Waals surface area contributed by atoms with Crippen LogP contribution in [0.25, 0.3) is 0 Å². The Morgan fingerprint density at radius 1 is 1.30 bits per heavy atom. The van der Waals surface area contributed by atoms with Crippen molar-refractivity contribution in [2.45, 2.75) is 25.4 Å². The summed E-state index contributed by atoms with van der Waals surface area (Å²) in [5, 5.41) is 5.26. The van der Waals surface area contributed by atoms with Crippen LogP contribution < -0.4 is 10.6 Å². The molecule has 0 radical (unpaired) electrons. The maximum absolute atomic E-state index is 11.9. The van der Waals surface area contributed by atoms with Crippen LogP contribution in [0.2, 0.25) is 0 Å². The summed E-state index contributed by atoms with van der Waals surface area (Å²) in [4.78, 5) is 35.0. The highest BCUT2D eigenvalue weighted by molar-refractivity contribution is 6.04. The fourth-order valence-corrected chi connectivity index (χ4v) is 2.29. The molecule has 7 nitrogen and oxygen atoms in total. The van der Waals surface area contributed by atoms with Crippen molar-refractivity contribution in [1.82, 2.24) is 5.32 Å². The van der Waals surface area contributed by atoms with E-state index in [-0.39, 0.29) is 18.4 Å². The quantitative estimate of drug-likeness (QED) is 0.604. The van der Waals surface area contributed by atoms with Gasteiger partial charge in [0, 0.05) is 18.8 Å². The molecule has 1 aliphatic heterocycles. The minimum Gasteiger partial charge on any atom is -0.465 e. The van der Waals surface area contributed by atoms with Crippen LogP contribution in [-0.2, 0) is 19.1 Å². The number of hydrogen-bond donors (Lipinski definition) is 2. The van der Waals surface area contributed by atoms with Crippen molar-refractivity contribution in [3.8, 4) is 0 Å². The lowest BCUT2D eigenvalue weighted by Gasteiger charge is -2.11. The number of carbonyl (C=O) groups is 3. The molecule has 1 aliphatic rings. The first kappa shape index (κ1) is 17.0. The van der Waals surface area contributed by atoms with Crippen molar-refractivity contribution in [3.63, 3.8) is 0 Å². The van der Waals surface area contributed by atoms with E-state index in [0.717, 1.165) is 19.4 Å². The maximum atomic E-state index is 11.9. The number of methoxy groups -OCH3 is 1. The zero-order valence-corrected chi connectivity index (χ0v) is 13.0. The van der Waals surface area contributed by atoms with E-state index in [9.17, 15) is 14.4 Å². The lowest BCUT2D eigenvalue weighted by atomic mass is 10.2. The second kappa shape index (κ2) is 8.28. The largest absolute Gasteiger partial charge is 0.465 e. The molecule has 124 valence electrons. The highest BCUT2D eigenvalue weighted by atomic mass is 16.5. The van der Waals surface area contributed by atoms with E-state index in [0.29, 0.717) is 17.8 Å². The molecule has 1 atom stereocenters. The first-order chi connectivity index (χ1) is 11.1. The third-order valence-corrected chi connectivity index (χ3v) is 3.44. The summed E-state index contributed by atoms with van der Waals surface area (Å²) in [5.41, 5.74) is 0.762. The second-order valence-corrected chi connectivity index (χ2v) is 5.24. The zero-order valence-electron chi connectivity index (χ0n) is 13.0. The number of carbonyl (C=O) groups excluding carboxylic acids is 3. The van der Waals surface area contributed by atoms with Gasteiger partial charge in [0.05, 0.1) is 18.8 Å². The Kier molecular flexibility index (Phi) is 6.10. The summed E-state index contributed by atoms with van der Waals surface area (Å²) >= 11 is 0. The number of amides is 2. The van der Waals surface area contributed by atoms with E-state index in [1.54, 1.807) is 18.2 Å². The minimum atomic E-state index is -0.490. The average Bonchev–Trinajstić information content (AvgIpc) is 3.05. The number of anilines is 1. The second-order valence-electron chi connectivity index (χ2n) is 5.24. The van der Waals surface area contributed by atoms with E-state index >= 15 is 0 Å². The van der Waals surface area contributed by atoms with Crippen LogP contribution >= 0.6 is 0 Å². The van der Waals surface area contributed by atoms with Crippen LogP contribution in [0, 0.1) is 0 Å². The van der Waals surface area contributed by atoms with E-state index in [1.807, 2.05) is 0 Å². The average molecular weight is 320 g/mol. The van der Waals surface area contributed by atoms with Gasteiger partial charge < -0.3 is 20.1 Å². The number of rotatable bonds is 6. The molecule has 2 rings (SSSR count). The van der Waals surface area contributed by atoms with Gasteiger partial charge in [-0.05, 0) is 31.0 Å². The molecule has 0 bridgehead atoms. The summed E-state index contributed by atoms with van der Waals surface area (Å²) in [6.45, 7) is 1.14. The highest BCUT2D eigenvalue weighted by Crippen LogP contribution is 2.12. The lowest BCUT2D eigenvalue weighted by Crippen LogP contribution is -2.34. The molecule has 1 fully saturated rings. The van der Waals surface area contributed by atoms with Crippen molar-refractivity contribution in [3.05, 3.63) is 29.8 Å². The molecule has 1 aromatic carbocycles. The van der Waals surface area contributed by atoms with Crippen molar-refractivity contribution in [2.75, 3.05) is 25.6 Å². The molecule has 0 saturated carbocycles. The van der Waals surface area contributed by atoms with Gasteiger partial charge in [-0.15, -0.1) is 0 Å². The monoisotopic (exact) mass is 320 g/mol. The van der Waals surface area contributed by atoms with Crippen molar-refractivity contribution >= 4 is 23.5 Å². The highest BCUT2D eigenvalue weighted by Gasteiger charge is 2.17. The molecule has 1 saturated heterocycles. The fourth-order valence-electron chi connectivity index (χ4n) is 2.29. The number of ether oxygens (including phenoxy) is 2. The van der Waals surface area contributed by atoms with Gasteiger partial charge in [-0.1, -0.05) is 6.07 Å². The number of benzene rings is 1. The molecule has 7 heteroatoms. The van der Waals surface area contributed by atoms with Gasteiger partial charge in [0.1, 0.15) is 6.42 Å². The molecular weight excluding hydrogens is 300 g/mol. The van der Waals surface area contributed by atoms with E-state index in [4.69, 9.17) is 4.74 Å². The van der Waals surface area contributed by atoms with Gasteiger partial charge >= 0.3 is 5.97 Å². The van der Waals surface area contributed by atoms with Gasteiger partial charge in [-0.25, -0.2) is 4.79 Å². The van der Waals surface area contributed by atoms with Gasteiger partial charge in [-0.3, -0.25) is 9.59 Å². The Hall–Kier alpha value is -2.41. The van der Waals surface area contributed by atoms with Gasteiger partial charge in [0.25, 0.3) is 0 Å². The molecule has 1 heterocycles. The standard InChI is InChI=1S/C16H20N2O5/c1-22-16(21)11-4-2-5-12(8-11)18-15(20)9-14(19)17-10-13-6-3-7-23-13/h2,4-5,8,13H,3,6-7,9-10H2,1H3,(H,17,19)(H,18,20). The first-order valence-electron chi connectivity index (χ1n) is 7.45. The van der Waals surface area contributed by atoms with Crippen molar-refractivity contribution in [2.24, 2.45) is 0 Å². The third kappa shape index (κ3) is 5.37. The van der Waals surface area contributed by atoms with E-state index in [2.05, 4.69) is 15.4 Å². The molecule has 23 heavy (non-hydrogen) atoms. The Morgan fingerprint density at radius 3 is 2.83 bits per heavy atom. The third-order valence-electron chi connectivity index (χ3n) is 3.44. The van der Waals surface area contributed by atoms with E-state index < -0.39 is 11.9 Å². The van der Waals surface area contributed by atoms with Gasteiger partial charge in [0.15, 0.2) is 0 Å². The van der Waals surface area contributed by atoms with Crippen LogP contribution in [0.4, 0.5) is 5.69 Å². The summed E-state index contributed by atoms with van der Waals surface area (Å²) in [6, 6.07) is 6.33. The molecule has 0 aromatic heterocycles. The normalized spacial score (nSPS) is 16.7. The number of nitrogens with one attached hydrogen (secondary N) is 2. The predicted molar refractivity (Wildman–Crippen MR) is 83.0 cm³/mol. The Morgan fingerprint density at radius 2 is 2.13 bits per heavy atom. The Balaban J connectivity index is 1.79. The summed E-state index contributed by atoms with van der Waals surface area (Å²) in [5.74, 6) is -1.30. The molecule has 2 amide bonds. The van der Waals surface area contributed by atoms with Gasteiger partial charge in [0.2, 0.25) is 11.8 Å². The summed E-state index contributed by atoms with van der Waals surface area (Å²) < 4.78 is 10.0. The van der Waals surface area contributed by atoms with E-state index in [1.165, 1.54) is 13.2 Å². The van der Waals surface area contributed by atoms with Crippen LogP contribution in [0.3, 0.4) is 0 Å². The fraction of sp³-hybridized carbons (Fsp3) is 0.438. The molecule has 1 aromatic rings. The van der Waals surface area contributed by atoms with Crippen molar-refractivity contribution in [1.29, 1.82) is 0 Å². The number of esters is 1. The molecule has 0 spiro atoms. The Bertz CT molecular complexity index is 582. The first-order valence-corrected chi connectivity index (χ1v) is 7.45. The van der Waals surface area contributed by atoms with Crippen LogP contribution in [-0.4, -0.2) is 44.1 Å². The SMILES string of the molecule is COC(=O)c1cccc(NC(=O)CC(=O)NCC2CCCO2)c1. The minimum absolute atomic E-state index is 0.0405. The van der Waals surface area contributed by atoms with Crippen LogP contribution in [0.1, 0.15) is 29.6 Å². The van der Waals surface area contributed by atoms with Gasteiger partial charge in [-0.2, -0.15) is 0 Å². The summed E-state index contributed by atoms with van der Waals surface area (Å²) in [6.07, 6.45) is 1.68. The molecule has 2 N–H and O–H groups in total.